The molecule has 0 saturated carbocycles. The minimum Gasteiger partial charge on any atom is -0.390 e. The van der Waals surface area contributed by atoms with E-state index in [0.29, 0.717) is 23.3 Å². The average molecular weight is 493 g/mol. The van der Waals surface area contributed by atoms with E-state index >= 15 is 0 Å². The van der Waals surface area contributed by atoms with Crippen molar-refractivity contribution in [3.63, 3.8) is 0 Å². The Balaban J connectivity index is 1.64. The van der Waals surface area contributed by atoms with E-state index < -0.39 is 22.0 Å². The zero-order valence-corrected chi connectivity index (χ0v) is 20.5. The molecule has 172 valence electrons. The lowest BCUT2D eigenvalue weighted by Gasteiger charge is -2.33. The predicted molar refractivity (Wildman–Crippen MR) is 138 cm³/mol. The van der Waals surface area contributed by atoms with Crippen LogP contribution in [0.15, 0.2) is 48.5 Å². The number of rotatable bonds is 6. The molecule has 32 heavy (non-hydrogen) atoms. The summed E-state index contributed by atoms with van der Waals surface area (Å²) in [5.41, 5.74) is 3.95. The Kier molecular flexibility index (Phi) is 8.05. The van der Waals surface area contributed by atoms with Gasteiger partial charge in [0.15, 0.2) is 20.1 Å². The number of nitrogens with zero attached hydrogens (tertiary/aromatic N) is 1. The Morgan fingerprint density at radius 2 is 1.50 bits per heavy atom. The molecular formula is C22H28N4O3S3. The van der Waals surface area contributed by atoms with Crippen LogP contribution in [0.25, 0.3) is 0 Å². The van der Waals surface area contributed by atoms with Crippen molar-refractivity contribution < 1.29 is 13.5 Å². The van der Waals surface area contributed by atoms with Gasteiger partial charge in [-0.1, -0.05) is 35.4 Å². The first-order valence-electron chi connectivity index (χ1n) is 10.3. The van der Waals surface area contributed by atoms with Gasteiger partial charge in [-0.3, -0.25) is 0 Å². The van der Waals surface area contributed by atoms with Gasteiger partial charge in [-0.05, 0) is 62.5 Å². The van der Waals surface area contributed by atoms with E-state index in [1.165, 1.54) is 0 Å². The molecule has 0 amide bonds. The number of sulfone groups is 1. The molecule has 3 rings (SSSR count). The summed E-state index contributed by atoms with van der Waals surface area (Å²) in [4.78, 5) is 1.73. The van der Waals surface area contributed by atoms with Gasteiger partial charge in [0.05, 0.1) is 23.7 Å². The van der Waals surface area contributed by atoms with Crippen molar-refractivity contribution in [3.8, 4) is 0 Å². The molecule has 1 saturated heterocycles. The van der Waals surface area contributed by atoms with Crippen molar-refractivity contribution >= 4 is 55.9 Å². The van der Waals surface area contributed by atoms with Crippen LogP contribution in [-0.2, 0) is 9.84 Å². The van der Waals surface area contributed by atoms with Crippen LogP contribution in [-0.4, -0.2) is 65.4 Å². The predicted octanol–water partition coefficient (Wildman–Crippen LogP) is 2.45. The van der Waals surface area contributed by atoms with Crippen LogP contribution in [0.5, 0.6) is 0 Å². The number of benzene rings is 2. The minimum atomic E-state index is -3.32. The van der Waals surface area contributed by atoms with E-state index in [-0.39, 0.29) is 11.5 Å². The fourth-order valence-electron chi connectivity index (χ4n) is 3.46. The largest absolute Gasteiger partial charge is 0.390 e. The van der Waals surface area contributed by atoms with Crippen molar-refractivity contribution in [2.75, 3.05) is 35.2 Å². The molecule has 0 unspecified atom stereocenters. The summed E-state index contributed by atoms with van der Waals surface area (Å²) in [6.45, 7) is 4.79. The van der Waals surface area contributed by atoms with Crippen molar-refractivity contribution in [1.82, 2.24) is 10.2 Å². The van der Waals surface area contributed by atoms with Crippen molar-refractivity contribution in [1.29, 1.82) is 0 Å². The summed E-state index contributed by atoms with van der Waals surface area (Å²) in [5, 5.41) is 20.6. The van der Waals surface area contributed by atoms with Gasteiger partial charge in [-0.2, -0.15) is 0 Å². The second kappa shape index (κ2) is 10.6. The van der Waals surface area contributed by atoms with Gasteiger partial charge >= 0.3 is 0 Å². The molecule has 0 aliphatic carbocycles. The first-order chi connectivity index (χ1) is 15.1. The minimum absolute atomic E-state index is 0.143. The first-order valence-corrected chi connectivity index (χ1v) is 12.9. The molecule has 2 aromatic carbocycles. The Bertz CT molecular complexity index is 1060. The summed E-state index contributed by atoms with van der Waals surface area (Å²) in [5.74, 6) is -0.405. The normalized spacial score (nSPS) is 19.2. The van der Waals surface area contributed by atoms with E-state index in [1.807, 2.05) is 62.4 Å². The smallest absolute Gasteiger partial charge is 0.173 e. The number of nitrogens with one attached hydrogen (secondary N) is 3. The molecule has 2 atom stereocenters. The number of aliphatic hydroxyl groups is 1. The van der Waals surface area contributed by atoms with Crippen LogP contribution in [0, 0.1) is 13.8 Å². The highest BCUT2D eigenvalue weighted by atomic mass is 32.2. The molecule has 0 aromatic heterocycles. The Morgan fingerprint density at radius 1 is 0.969 bits per heavy atom. The van der Waals surface area contributed by atoms with Crippen molar-refractivity contribution in [2.45, 2.75) is 26.0 Å². The van der Waals surface area contributed by atoms with Gasteiger partial charge in [0.25, 0.3) is 0 Å². The maximum absolute atomic E-state index is 12.1. The van der Waals surface area contributed by atoms with Gasteiger partial charge in [0.1, 0.15) is 0 Å². The van der Waals surface area contributed by atoms with Crippen LogP contribution in [0.2, 0.25) is 0 Å². The number of anilines is 2. The zero-order valence-electron chi connectivity index (χ0n) is 18.0. The van der Waals surface area contributed by atoms with Crippen molar-refractivity contribution in [3.05, 3.63) is 59.7 Å². The average Bonchev–Trinajstić information content (AvgIpc) is 3.00. The van der Waals surface area contributed by atoms with E-state index in [4.69, 9.17) is 24.4 Å². The Hall–Kier alpha value is -2.27. The summed E-state index contributed by atoms with van der Waals surface area (Å²) in [7, 11) is -3.32. The first kappa shape index (κ1) is 24.4. The third-order valence-electron chi connectivity index (χ3n) is 5.21. The molecule has 4 N–H and O–H groups in total. The summed E-state index contributed by atoms with van der Waals surface area (Å²) in [6.07, 6.45) is -1.00. The molecule has 0 bridgehead atoms. The fraction of sp³-hybridized carbons (Fsp3) is 0.364. The maximum atomic E-state index is 12.1. The van der Waals surface area contributed by atoms with Gasteiger partial charge in [0.2, 0.25) is 0 Å². The third-order valence-corrected chi connectivity index (χ3v) is 7.49. The van der Waals surface area contributed by atoms with Gasteiger partial charge in [0, 0.05) is 24.5 Å². The van der Waals surface area contributed by atoms with Gasteiger partial charge in [-0.15, -0.1) is 0 Å². The van der Waals surface area contributed by atoms with Crippen LogP contribution in [0.3, 0.4) is 0 Å². The van der Waals surface area contributed by atoms with Gasteiger partial charge < -0.3 is 26.0 Å². The number of thiocarbonyl (C=S) groups is 2. The zero-order chi connectivity index (χ0) is 23.3. The highest BCUT2D eigenvalue weighted by Gasteiger charge is 2.40. The number of hydrogen-bond donors (Lipinski definition) is 4. The van der Waals surface area contributed by atoms with Crippen LogP contribution in [0.4, 0.5) is 11.4 Å². The van der Waals surface area contributed by atoms with Crippen LogP contribution >= 0.6 is 24.4 Å². The maximum Gasteiger partial charge on any atom is 0.173 e. The number of aryl methyl sites for hydroxylation is 2. The monoisotopic (exact) mass is 492 g/mol. The summed E-state index contributed by atoms with van der Waals surface area (Å²) in [6, 6.07) is 15.0. The summed E-state index contributed by atoms with van der Waals surface area (Å²) >= 11 is 10.9. The molecule has 2 aromatic rings. The Morgan fingerprint density at radius 3 is 2.00 bits per heavy atom. The molecular weight excluding hydrogens is 464 g/mol. The molecule has 10 heteroatoms. The van der Waals surface area contributed by atoms with E-state index in [1.54, 1.807) is 4.90 Å². The van der Waals surface area contributed by atoms with Crippen molar-refractivity contribution in [2.24, 2.45) is 0 Å². The molecule has 1 aliphatic heterocycles. The van der Waals surface area contributed by atoms with E-state index in [2.05, 4.69) is 16.0 Å². The highest BCUT2D eigenvalue weighted by Crippen LogP contribution is 2.20. The van der Waals surface area contributed by atoms with Crippen LogP contribution in [0.1, 0.15) is 11.1 Å². The lowest BCUT2D eigenvalue weighted by atomic mass is 10.2. The molecule has 1 aliphatic rings. The third kappa shape index (κ3) is 6.86. The van der Waals surface area contributed by atoms with Crippen LogP contribution < -0.4 is 16.0 Å². The molecule has 0 spiro atoms. The van der Waals surface area contributed by atoms with E-state index in [9.17, 15) is 13.5 Å². The summed E-state index contributed by atoms with van der Waals surface area (Å²) < 4.78 is 24.2. The SMILES string of the molecule is Cc1ccc(NC(=S)NCCN(C(=S)Nc2ccc(C)cc2)[C@@H]2CS(=O)(=O)C[C@@H]2O)cc1. The second-order valence-corrected chi connectivity index (χ2v) is 10.9. The topological polar surface area (TPSA) is 93.7 Å². The van der Waals surface area contributed by atoms with Gasteiger partial charge in [-0.25, -0.2) is 8.42 Å². The molecule has 1 heterocycles. The quantitative estimate of drug-likeness (QED) is 0.454. The standard InChI is InChI=1S/C22H28N4O3S3/c1-15-3-7-17(8-4-15)24-21(30)23-11-12-26(19-13-32(28,29)14-20(19)27)22(31)25-18-9-5-16(2)6-10-18/h3-10,19-20,27H,11-14H2,1-2H3,(H,25,31)(H2,23,24,30)/t19-,20+/m1/s1. The highest BCUT2D eigenvalue weighted by molar-refractivity contribution is 7.91. The molecule has 1 fully saturated rings. The molecule has 7 nitrogen and oxygen atoms in total. The lowest BCUT2D eigenvalue weighted by Crippen LogP contribution is -2.51. The fourth-order valence-corrected chi connectivity index (χ4v) is 5.83. The Labute approximate surface area is 200 Å². The second-order valence-electron chi connectivity index (χ2n) is 7.95. The molecule has 0 radical (unpaired) electrons. The van der Waals surface area contributed by atoms with E-state index in [0.717, 1.165) is 22.5 Å². The number of aliphatic hydroxyl groups excluding tert-OH is 1. The lowest BCUT2D eigenvalue weighted by molar-refractivity contribution is 0.124. The number of hydrogen-bond acceptors (Lipinski definition) is 5.